The molecule has 0 saturated heterocycles. The first-order valence-corrected chi connectivity index (χ1v) is 8.52. The van der Waals surface area contributed by atoms with Gasteiger partial charge in [0.2, 0.25) is 5.76 Å². The summed E-state index contributed by atoms with van der Waals surface area (Å²) in [4.78, 5) is 24.2. The zero-order chi connectivity index (χ0) is 20.6. The Morgan fingerprint density at radius 1 is 0.966 bits per heavy atom. The van der Waals surface area contributed by atoms with Crippen molar-refractivity contribution < 1.29 is 28.2 Å². The van der Waals surface area contributed by atoms with E-state index in [1.54, 1.807) is 48.5 Å². The molecule has 3 rings (SSSR count). The maximum absolute atomic E-state index is 12.2. The maximum atomic E-state index is 12.2. The van der Waals surface area contributed by atoms with Gasteiger partial charge in [0.15, 0.2) is 11.5 Å². The van der Waals surface area contributed by atoms with Crippen LogP contribution in [0.2, 0.25) is 0 Å². The van der Waals surface area contributed by atoms with E-state index in [2.05, 4.69) is 10.5 Å². The zero-order valence-corrected chi connectivity index (χ0v) is 15.7. The van der Waals surface area contributed by atoms with Gasteiger partial charge in [-0.3, -0.25) is 4.79 Å². The molecule has 1 aromatic heterocycles. The Bertz CT molecular complexity index is 1030. The first kappa shape index (κ1) is 19.7. The summed E-state index contributed by atoms with van der Waals surface area (Å²) in [5.74, 6) is 0.0313. The van der Waals surface area contributed by atoms with Crippen molar-refractivity contribution in [2.75, 3.05) is 14.2 Å². The molecule has 0 unspecified atom stereocenters. The van der Waals surface area contributed by atoms with Gasteiger partial charge >= 0.3 is 5.97 Å². The van der Waals surface area contributed by atoms with E-state index >= 15 is 0 Å². The van der Waals surface area contributed by atoms with Crippen LogP contribution < -0.4 is 19.6 Å². The molecule has 0 spiro atoms. The summed E-state index contributed by atoms with van der Waals surface area (Å²) in [6, 6.07) is 14.7. The second-order valence-electron chi connectivity index (χ2n) is 5.68. The molecule has 0 atom stereocenters. The van der Waals surface area contributed by atoms with Crippen molar-refractivity contribution in [3.8, 4) is 17.2 Å². The Morgan fingerprint density at radius 2 is 1.76 bits per heavy atom. The van der Waals surface area contributed by atoms with Gasteiger partial charge in [-0.15, -0.1) is 0 Å². The van der Waals surface area contributed by atoms with E-state index in [0.717, 1.165) is 0 Å². The number of nitrogens with zero attached hydrogens (tertiary/aromatic N) is 1. The second-order valence-corrected chi connectivity index (χ2v) is 5.68. The molecule has 8 nitrogen and oxygen atoms in total. The lowest BCUT2D eigenvalue weighted by Gasteiger charge is -2.09. The molecule has 0 aliphatic rings. The van der Waals surface area contributed by atoms with E-state index in [-0.39, 0.29) is 11.5 Å². The average Bonchev–Trinajstić information content (AvgIpc) is 3.29. The van der Waals surface area contributed by atoms with Gasteiger partial charge in [0.1, 0.15) is 5.75 Å². The fourth-order valence-corrected chi connectivity index (χ4v) is 2.45. The number of nitrogens with one attached hydrogen (secondary N) is 1. The minimum Gasteiger partial charge on any atom is -0.496 e. The van der Waals surface area contributed by atoms with Crippen molar-refractivity contribution in [1.82, 2.24) is 5.43 Å². The van der Waals surface area contributed by atoms with E-state index in [4.69, 9.17) is 18.6 Å². The summed E-state index contributed by atoms with van der Waals surface area (Å²) < 4.78 is 20.7. The van der Waals surface area contributed by atoms with Gasteiger partial charge in [0, 0.05) is 0 Å². The lowest BCUT2D eigenvalue weighted by molar-refractivity contribution is 0.0696. The Labute approximate surface area is 166 Å². The number of para-hydroxylation sites is 1. The molecule has 29 heavy (non-hydrogen) atoms. The standard InChI is InChI=1S/C21H18N2O6/c1-26-16-7-4-3-6-15(16)20(24)23-22-13-14-9-10-17(19(12-14)27-2)29-21(25)18-8-5-11-28-18/h3-13H,1-2H3,(H,23,24)/b22-13+. The third kappa shape index (κ3) is 4.81. The van der Waals surface area contributed by atoms with Crippen molar-refractivity contribution in [2.45, 2.75) is 0 Å². The minimum absolute atomic E-state index is 0.0803. The number of amides is 1. The first-order chi connectivity index (χ1) is 14.1. The highest BCUT2D eigenvalue weighted by Crippen LogP contribution is 2.28. The lowest BCUT2D eigenvalue weighted by atomic mass is 10.2. The number of benzene rings is 2. The number of rotatable bonds is 7. The highest BCUT2D eigenvalue weighted by Gasteiger charge is 2.15. The van der Waals surface area contributed by atoms with Crippen molar-refractivity contribution in [3.05, 3.63) is 77.7 Å². The van der Waals surface area contributed by atoms with Crippen LogP contribution in [0.5, 0.6) is 17.2 Å². The number of hydrogen-bond acceptors (Lipinski definition) is 7. The molecule has 1 amide bonds. The third-order valence-electron chi connectivity index (χ3n) is 3.84. The maximum Gasteiger partial charge on any atom is 0.379 e. The molecule has 0 radical (unpaired) electrons. The van der Waals surface area contributed by atoms with Gasteiger partial charge in [-0.25, -0.2) is 10.2 Å². The number of methoxy groups -OCH3 is 2. The van der Waals surface area contributed by atoms with Crippen molar-refractivity contribution in [2.24, 2.45) is 5.10 Å². The number of carbonyl (C=O) groups excluding carboxylic acids is 2. The minimum atomic E-state index is -0.640. The molecule has 8 heteroatoms. The Hall–Kier alpha value is -4.07. The summed E-state index contributed by atoms with van der Waals surface area (Å²) in [6.45, 7) is 0. The third-order valence-corrected chi connectivity index (χ3v) is 3.84. The predicted molar refractivity (Wildman–Crippen MR) is 105 cm³/mol. The van der Waals surface area contributed by atoms with Gasteiger partial charge in [-0.1, -0.05) is 12.1 Å². The zero-order valence-electron chi connectivity index (χ0n) is 15.7. The summed E-state index contributed by atoms with van der Waals surface area (Å²) >= 11 is 0. The molecular formula is C21H18N2O6. The monoisotopic (exact) mass is 394 g/mol. The highest BCUT2D eigenvalue weighted by atomic mass is 16.6. The van der Waals surface area contributed by atoms with Crippen LogP contribution in [-0.4, -0.2) is 32.3 Å². The van der Waals surface area contributed by atoms with Crippen molar-refractivity contribution in [1.29, 1.82) is 0 Å². The molecule has 148 valence electrons. The van der Waals surface area contributed by atoms with Crippen LogP contribution in [0.4, 0.5) is 0 Å². The fraction of sp³-hybridized carbons (Fsp3) is 0.0952. The van der Waals surface area contributed by atoms with Gasteiger partial charge in [-0.2, -0.15) is 5.10 Å². The number of hydrazone groups is 1. The molecule has 0 aliphatic heterocycles. The SMILES string of the molecule is COc1cc(/C=N/NC(=O)c2ccccc2OC)ccc1OC(=O)c1ccco1. The Balaban J connectivity index is 1.68. The summed E-state index contributed by atoms with van der Waals surface area (Å²) in [5.41, 5.74) is 3.43. The number of ether oxygens (including phenoxy) is 3. The van der Waals surface area contributed by atoms with Crippen LogP contribution in [0.15, 0.2) is 70.4 Å². The van der Waals surface area contributed by atoms with E-state index in [1.165, 1.54) is 32.8 Å². The van der Waals surface area contributed by atoms with E-state index in [0.29, 0.717) is 22.6 Å². The number of hydrogen-bond donors (Lipinski definition) is 1. The summed E-state index contributed by atoms with van der Waals surface area (Å²) in [6.07, 6.45) is 2.82. The first-order valence-electron chi connectivity index (χ1n) is 8.52. The van der Waals surface area contributed by atoms with Gasteiger partial charge in [-0.05, 0) is 48.0 Å². The molecule has 1 heterocycles. The van der Waals surface area contributed by atoms with Crippen LogP contribution in [0.3, 0.4) is 0 Å². The van der Waals surface area contributed by atoms with Gasteiger partial charge < -0.3 is 18.6 Å². The van der Waals surface area contributed by atoms with Crippen LogP contribution in [0.1, 0.15) is 26.5 Å². The second kappa shape index (κ2) is 9.23. The summed E-state index contributed by atoms with van der Waals surface area (Å²) in [5, 5.41) is 3.94. The number of carbonyl (C=O) groups is 2. The van der Waals surface area contributed by atoms with Gasteiger partial charge in [0.25, 0.3) is 5.91 Å². The van der Waals surface area contributed by atoms with Gasteiger partial charge in [0.05, 0.1) is 32.3 Å². The topological polar surface area (TPSA) is 99.4 Å². The fourth-order valence-electron chi connectivity index (χ4n) is 2.45. The van der Waals surface area contributed by atoms with Crippen molar-refractivity contribution >= 4 is 18.1 Å². The molecule has 0 fully saturated rings. The average molecular weight is 394 g/mol. The lowest BCUT2D eigenvalue weighted by Crippen LogP contribution is -2.18. The van der Waals surface area contributed by atoms with E-state index < -0.39 is 11.9 Å². The summed E-state index contributed by atoms with van der Waals surface area (Å²) in [7, 11) is 2.94. The number of furan rings is 1. The molecule has 0 saturated carbocycles. The molecule has 3 aromatic rings. The Morgan fingerprint density at radius 3 is 2.48 bits per heavy atom. The van der Waals surface area contributed by atoms with E-state index in [9.17, 15) is 9.59 Å². The quantitative estimate of drug-likeness (QED) is 0.286. The van der Waals surface area contributed by atoms with Crippen LogP contribution >= 0.6 is 0 Å². The normalized spacial score (nSPS) is 10.6. The largest absolute Gasteiger partial charge is 0.496 e. The van der Waals surface area contributed by atoms with Crippen LogP contribution in [0, 0.1) is 0 Å². The smallest absolute Gasteiger partial charge is 0.379 e. The molecule has 0 aliphatic carbocycles. The number of esters is 1. The Kier molecular flexibility index (Phi) is 6.26. The van der Waals surface area contributed by atoms with Crippen LogP contribution in [0.25, 0.3) is 0 Å². The van der Waals surface area contributed by atoms with Crippen molar-refractivity contribution in [3.63, 3.8) is 0 Å². The van der Waals surface area contributed by atoms with E-state index in [1.807, 2.05) is 0 Å². The van der Waals surface area contributed by atoms with Crippen LogP contribution in [-0.2, 0) is 0 Å². The highest BCUT2D eigenvalue weighted by molar-refractivity contribution is 5.97. The molecule has 1 N–H and O–H groups in total. The molecule has 2 aromatic carbocycles. The molecular weight excluding hydrogens is 376 g/mol. The molecule has 0 bridgehead atoms. The predicted octanol–water partition coefficient (Wildman–Crippen LogP) is 3.28.